The first-order valence-corrected chi connectivity index (χ1v) is 7.69. The molecule has 0 unspecified atom stereocenters. The van der Waals surface area contributed by atoms with Crippen LogP contribution in [0.5, 0.6) is 0 Å². The second kappa shape index (κ2) is 6.76. The van der Waals surface area contributed by atoms with Gasteiger partial charge in [-0.15, -0.1) is 0 Å². The van der Waals surface area contributed by atoms with E-state index < -0.39 is 0 Å². The number of anilines is 2. The maximum absolute atomic E-state index is 12.2. The summed E-state index contributed by atoms with van der Waals surface area (Å²) in [7, 11) is 0. The molecule has 6 heteroatoms. The third kappa shape index (κ3) is 3.85. The van der Waals surface area contributed by atoms with E-state index in [1.807, 2.05) is 18.2 Å². The van der Waals surface area contributed by atoms with Crippen LogP contribution in [0, 0.1) is 0 Å². The van der Waals surface area contributed by atoms with E-state index in [0.717, 1.165) is 28.8 Å². The van der Waals surface area contributed by atoms with Crippen molar-refractivity contribution in [3.05, 3.63) is 50.9 Å². The lowest BCUT2D eigenvalue weighted by molar-refractivity contribution is 0.636. The molecule has 112 valence electrons. The average Bonchev–Trinajstić information content (AvgIpc) is 2.42. The second-order valence-electron chi connectivity index (χ2n) is 4.77. The molecular weight excluding hydrogens is 332 g/mol. The molecule has 1 aromatic heterocycles. The van der Waals surface area contributed by atoms with Crippen LogP contribution in [-0.4, -0.2) is 22.9 Å². The Bertz CT molecular complexity index is 659. The van der Waals surface area contributed by atoms with Crippen LogP contribution in [-0.2, 0) is 6.54 Å². The van der Waals surface area contributed by atoms with Crippen LogP contribution in [0.4, 0.5) is 11.4 Å². The number of nitrogens with zero attached hydrogens (tertiary/aromatic N) is 3. The molecule has 0 aliphatic rings. The molecule has 21 heavy (non-hydrogen) atoms. The third-order valence-electron chi connectivity index (χ3n) is 3.30. The number of nitrogens with two attached hydrogens (primary N) is 1. The summed E-state index contributed by atoms with van der Waals surface area (Å²) in [6.07, 6.45) is 1.73. The van der Waals surface area contributed by atoms with Crippen LogP contribution in [0.3, 0.4) is 0 Å². The van der Waals surface area contributed by atoms with Crippen molar-refractivity contribution in [3.8, 4) is 0 Å². The van der Waals surface area contributed by atoms with Crippen LogP contribution in [0.25, 0.3) is 0 Å². The van der Waals surface area contributed by atoms with E-state index in [1.165, 1.54) is 4.68 Å². The van der Waals surface area contributed by atoms with Crippen molar-refractivity contribution in [2.75, 3.05) is 23.7 Å². The molecule has 0 aliphatic carbocycles. The van der Waals surface area contributed by atoms with Crippen molar-refractivity contribution in [2.24, 2.45) is 0 Å². The van der Waals surface area contributed by atoms with Crippen LogP contribution in [0.1, 0.15) is 19.4 Å². The molecular formula is C15H19BrN4O. The average molecular weight is 351 g/mol. The summed E-state index contributed by atoms with van der Waals surface area (Å²) in [5, 5.41) is 4.26. The Morgan fingerprint density at radius 1 is 1.24 bits per heavy atom. The van der Waals surface area contributed by atoms with Gasteiger partial charge < -0.3 is 10.6 Å². The topological polar surface area (TPSA) is 64.2 Å². The number of rotatable bonds is 5. The van der Waals surface area contributed by atoms with Gasteiger partial charge in [0.05, 0.1) is 18.4 Å². The zero-order chi connectivity index (χ0) is 15.4. The van der Waals surface area contributed by atoms with Crippen LogP contribution < -0.4 is 16.2 Å². The van der Waals surface area contributed by atoms with E-state index in [2.05, 4.69) is 39.8 Å². The van der Waals surface area contributed by atoms with Crippen LogP contribution in [0.2, 0.25) is 0 Å². The van der Waals surface area contributed by atoms with Gasteiger partial charge in [0.25, 0.3) is 5.56 Å². The highest BCUT2D eigenvalue weighted by atomic mass is 79.9. The quantitative estimate of drug-likeness (QED) is 0.841. The summed E-state index contributed by atoms with van der Waals surface area (Å²) < 4.78 is 2.33. The van der Waals surface area contributed by atoms with Gasteiger partial charge in [-0.25, -0.2) is 4.68 Å². The maximum atomic E-state index is 12.2. The lowest BCUT2D eigenvalue weighted by atomic mass is 10.2. The predicted molar refractivity (Wildman–Crippen MR) is 89.7 cm³/mol. The Morgan fingerprint density at radius 2 is 1.95 bits per heavy atom. The van der Waals surface area contributed by atoms with E-state index in [4.69, 9.17) is 5.73 Å². The zero-order valence-electron chi connectivity index (χ0n) is 12.2. The van der Waals surface area contributed by atoms with Crippen molar-refractivity contribution >= 4 is 27.3 Å². The number of aromatic nitrogens is 2. The fourth-order valence-corrected chi connectivity index (χ4v) is 2.80. The molecule has 1 heterocycles. The molecule has 0 bridgehead atoms. The van der Waals surface area contributed by atoms with Crippen molar-refractivity contribution in [1.82, 2.24) is 9.78 Å². The summed E-state index contributed by atoms with van der Waals surface area (Å²) in [4.78, 5) is 14.3. The minimum Gasteiger partial charge on any atom is -0.399 e. The first-order chi connectivity index (χ1) is 10.0. The van der Waals surface area contributed by atoms with E-state index >= 15 is 0 Å². The SMILES string of the molecule is CCN(CC)c1cnn(Cc2cc(N)cc(Br)c2)c(=O)c1. The second-order valence-corrected chi connectivity index (χ2v) is 5.69. The standard InChI is InChI=1S/C15H19BrN4O/c1-3-19(4-2)14-8-15(21)20(18-9-14)10-11-5-12(16)7-13(17)6-11/h5-9H,3-4,10,17H2,1-2H3. The lowest BCUT2D eigenvalue weighted by Gasteiger charge is -2.20. The summed E-state index contributed by atoms with van der Waals surface area (Å²) in [5.74, 6) is 0. The van der Waals surface area contributed by atoms with Crippen molar-refractivity contribution in [2.45, 2.75) is 20.4 Å². The molecule has 0 radical (unpaired) electrons. The lowest BCUT2D eigenvalue weighted by Crippen LogP contribution is -2.28. The summed E-state index contributed by atoms with van der Waals surface area (Å²) in [6.45, 7) is 6.22. The summed E-state index contributed by atoms with van der Waals surface area (Å²) in [5.41, 5.74) is 8.15. The van der Waals surface area contributed by atoms with Gasteiger partial charge >= 0.3 is 0 Å². The van der Waals surface area contributed by atoms with E-state index in [-0.39, 0.29) is 5.56 Å². The minimum atomic E-state index is -0.113. The molecule has 0 atom stereocenters. The van der Waals surface area contributed by atoms with Gasteiger partial charge in [-0.1, -0.05) is 15.9 Å². The highest BCUT2D eigenvalue weighted by Gasteiger charge is 2.06. The Kier molecular flexibility index (Phi) is 5.01. The van der Waals surface area contributed by atoms with Crippen LogP contribution in [0.15, 0.2) is 39.7 Å². The van der Waals surface area contributed by atoms with E-state index in [9.17, 15) is 4.79 Å². The maximum Gasteiger partial charge on any atom is 0.269 e. The number of hydrogen-bond acceptors (Lipinski definition) is 4. The number of nitrogen functional groups attached to an aromatic ring is 1. The Hall–Kier alpha value is -1.82. The monoisotopic (exact) mass is 350 g/mol. The molecule has 2 aromatic rings. The van der Waals surface area contributed by atoms with Crippen molar-refractivity contribution < 1.29 is 0 Å². The molecule has 2 N–H and O–H groups in total. The molecule has 0 aliphatic heterocycles. The molecule has 5 nitrogen and oxygen atoms in total. The fraction of sp³-hybridized carbons (Fsp3) is 0.333. The summed E-state index contributed by atoms with van der Waals surface area (Å²) >= 11 is 3.40. The number of halogens is 1. The molecule has 2 rings (SSSR count). The largest absolute Gasteiger partial charge is 0.399 e. The van der Waals surface area contributed by atoms with Gasteiger partial charge in [0, 0.05) is 29.3 Å². The normalized spacial score (nSPS) is 10.6. The van der Waals surface area contributed by atoms with Crippen molar-refractivity contribution in [1.29, 1.82) is 0 Å². The van der Waals surface area contributed by atoms with E-state index in [1.54, 1.807) is 12.3 Å². The smallest absolute Gasteiger partial charge is 0.269 e. The highest BCUT2D eigenvalue weighted by molar-refractivity contribution is 9.10. The van der Waals surface area contributed by atoms with Gasteiger partial charge in [0.1, 0.15) is 0 Å². The van der Waals surface area contributed by atoms with Gasteiger partial charge in [-0.3, -0.25) is 4.79 Å². The van der Waals surface area contributed by atoms with Gasteiger partial charge in [-0.05, 0) is 37.6 Å². The highest BCUT2D eigenvalue weighted by Crippen LogP contribution is 2.17. The Balaban J connectivity index is 2.27. The van der Waals surface area contributed by atoms with Crippen LogP contribution >= 0.6 is 15.9 Å². The first-order valence-electron chi connectivity index (χ1n) is 6.90. The third-order valence-corrected chi connectivity index (χ3v) is 3.75. The van der Waals surface area contributed by atoms with Gasteiger partial charge in [0.15, 0.2) is 0 Å². The minimum absolute atomic E-state index is 0.113. The van der Waals surface area contributed by atoms with Gasteiger partial charge in [0.2, 0.25) is 0 Å². The summed E-state index contributed by atoms with van der Waals surface area (Å²) in [6, 6.07) is 7.23. The zero-order valence-corrected chi connectivity index (χ0v) is 13.8. The fourth-order valence-electron chi connectivity index (χ4n) is 2.24. The number of benzene rings is 1. The molecule has 0 saturated carbocycles. The Morgan fingerprint density at radius 3 is 2.52 bits per heavy atom. The van der Waals surface area contributed by atoms with Crippen molar-refractivity contribution in [3.63, 3.8) is 0 Å². The first kappa shape index (κ1) is 15.6. The number of hydrogen-bond donors (Lipinski definition) is 1. The Labute approximate surface area is 132 Å². The van der Waals surface area contributed by atoms with E-state index in [0.29, 0.717) is 12.2 Å². The predicted octanol–water partition coefficient (Wildman–Crippen LogP) is 2.48. The molecule has 0 spiro atoms. The van der Waals surface area contributed by atoms with Gasteiger partial charge in [-0.2, -0.15) is 5.10 Å². The molecule has 1 aromatic carbocycles. The molecule has 0 saturated heterocycles. The molecule has 0 fully saturated rings. The molecule has 0 amide bonds.